The molecule has 0 atom stereocenters. The monoisotopic (exact) mass is 374 g/mol. The highest BCUT2D eigenvalue weighted by Gasteiger charge is 2.15. The van der Waals surface area contributed by atoms with E-state index in [4.69, 9.17) is 0 Å². The Hall–Kier alpha value is -3.14. The van der Waals surface area contributed by atoms with Crippen molar-refractivity contribution in [2.45, 2.75) is 25.8 Å². The summed E-state index contributed by atoms with van der Waals surface area (Å²) in [7, 11) is 0. The zero-order valence-corrected chi connectivity index (χ0v) is 15.7. The lowest BCUT2D eigenvalue weighted by Crippen LogP contribution is -2.11. The van der Waals surface area contributed by atoms with Gasteiger partial charge in [0.2, 0.25) is 0 Å². The molecule has 3 nitrogen and oxygen atoms in total. The standard InChI is InChI=1S/C24H23FN2O/c25-15-6-1-7-16-27-17-21(20-12-4-5-14-23(20)27)24(28)26-22-13-8-10-18-9-2-3-11-19(18)22/h2-5,8-14,17H,1,6-7,15-16H2,(H,26,28). The Morgan fingerprint density at radius 1 is 0.857 bits per heavy atom. The second-order valence-corrected chi connectivity index (χ2v) is 6.98. The van der Waals surface area contributed by atoms with Crippen LogP contribution in [0.25, 0.3) is 21.7 Å². The number of halogens is 1. The average molecular weight is 374 g/mol. The van der Waals surface area contributed by atoms with E-state index >= 15 is 0 Å². The summed E-state index contributed by atoms with van der Waals surface area (Å²) in [6.45, 7) is 0.507. The average Bonchev–Trinajstić information content (AvgIpc) is 3.10. The highest BCUT2D eigenvalue weighted by atomic mass is 19.1. The summed E-state index contributed by atoms with van der Waals surface area (Å²) in [6.07, 6.45) is 4.25. The Morgan fingerprint density at radius 3 is 2.46 bits per heavy atom. The molecule has 3 aromatic carbocycles. The fourth-order valence-electron chi connectivity index (χ4n) is 3.69. The number of hydrogen-bond acceptors (Lipinski definition) is 1. The third kappa shape index (κ3) is 3.63. The third-order valence-electron chi connectivity index (χ3n) is 5.10. The van der Waals surface area contributed by atoms with Gasteiger partial charge >= 0.3 is 0 Å². The van der Waals surface area contributed by atoms with E-state index in [0.717, 1.165) is 46.7 Å². The van der Waals surface area contributed by atoms with Gasteiger partial charge in [0.15, 0.2) is 0 Å². The molecule has 0 unspecified atom stereocenters. The highest BCUT2D eigenvalue weighted by molar-refractivity contribution is 6.15. The Kier molecular flexibility index (Phi) is 5.38. The van der Waals surface area contributed by atoms with Gasteiger partial charge < -0.3 is 9.88 Å². The van der Waals surface area contributed by atoms with Crippen molar-refractivity contribution in [2.75, 3.05) is 12.0 Å². The number of anilines is 1. The van der Waals surface area contributed by atoms with Crippen molar-refractivity contribution >= 4 is 33.3 Å². The van der Waals surface area contributed by atoms with Gasteiger partial charge in [-0.05, 0) is 36.8 Å². The van der Waals surface area contributed by atoms with Gasteiger partial charge in [-0.2, -0.15) is 0 Å². The number of nitrogens with zero attached hydrogens (tertiary/aromatic N) is 1. The van der Waals surface area contributed by atoms with Crippen molar-refractivity contribution in [2.24, 2.45) is 0 Å². The molecule has 4 aromatic rings. The van der Waals surface area contributed by atoms with E-state index < -0.39 is 0 Å². The molecule has 0 bridgehead atoms. The van der Waals surface area contributed by atoms with Gasteiger partial charge in [0.25, 0.3) is 5.91 Å². The van der Waals surface area contributed by atoms with Gasteiger partial charge in [0, 0.05) is 34.7 Å². The summed E-state index contributed by atoms with van der Waals surface area (Å²) in [5, 5.41) is 6.13. The van der Waals surface area contributed by atoms with E-state index in [1.165, 1.54) is 0 Å². The smallest absolute Gasteiger partial charge is 0.257 e. The molecule has 0 aliphatic rings. The molecule has 0 spiro atoms. The number of carbonyl (C=O) groups excluding carboxylic acids is 1. The van der Waals surface area contributed by atoms with Crippen LogP contribution < -0.4 is 5.32 Å². The van der Waals surface area contributed by atoms with Gasteiger partial charge in [-0.3, -0.25) is 9.18 Å². The summed E-state index contributed by atoms with van der Waals surface area (Å²) >= 11 is 0. The lowest BCUT2D eigenvalue weighted by molar-refractivity contribution is 0.102. The van der Waals surface area contributed by atoms with Crippen LogP contribution in [0.1, 0.15) is 29.6 Å². The number of carbonyl (C=O) groups is 1. The minimum Gasteiger partial charge on any atom is -0.347 e. The van der Waals surface area contributed by atoms with Crippen molar-refractivity contribution in [3.8, 4) is 0 Å². The summed E-state index contributed by atoms with van der Waals surface area (Å²) in [6, 6.07) is 21.9. The van der Waals surface area contributed by atoms with Gasteiger partial charge in [0.05, 0.1) is 12.2 Å². The topological polar surface area (TPSA) is 34.0 Å². The van der Waals surface area contributed by atoms with Crippen molar-refractivity contribution in [1.82, 2.24) is 4.57 Å². The van der Waals surface area contributed by atoms with Crippen LogP contribution in [-0.2, 0) is 6.54 Å². The van der Waals surface area contributed by atoms with E-state index in [-0.39, 0.29) is 12.6 Å². The predicted octanol–water partition coefficient (Wildman–Crippen LogP) is 6.19. The van der Waals surface area contributed by atoms with Crippen LogP contribution in [0, 0.1) is 0 Å². The van der Waals surface area contributed by atoms with Crippen LogP contribution in [-0.4, -0.2) is 17.1 Å². The summed E-state index contributed by atoms with van der Waals surface area (Å²) in [4.78, 5) is 13.1. The van der Waals surface area contributed by atoms with Gasteiger partial charge in [-0.25, -0.2) is 0 Å². The number of unbranched alkanes of at least 4 members (excludes halogenated alkanes) is 2. The molecule has 1 N–H and O–H groups in total. The molecule has 0 fully saturated rings. The summed E-state index contributed by atoms with van der Waals surface area (Å²) in [5.74, 6) is -0.116. The summed E-state index contributed by atoms with van der Waals surface area (Å²) < 4.78 is 14.4. The van der Waals surface area contributed by atoms with Crippen LogP contribution in [0.15, 0.2) is 72.9 Å². The molecule has 4 heteroatoms. The van der Waals surface area contributed by atoms with Crippen molar-refractivity contribution in [3.05, 3.63) is 78.5 Å². The molecule has 4 rings (SSSR count). The highest BCUT2D eigenvalue weighted by Crippen LogP contribution is 2.26. The molecule has 1 amide bonds. The molecule has 0 saturated carbocycles. The van der Waals surface area contributed by atoms with E-state index in [1.54, 1.807) is 0 Å². The first-order valence-electron chi connectivity index (χ1n) is 9.71. The first kappa shape index (κ1) is 18.2. The summed E-state index contributed by atoms with van der Waals surface area (Å²) in [5.41, 5.74) is 2.50. The zero-order chi connectivity index (χ0) is 19.3. The number of hydrogen-bond donors (Lipinski definition) is 1. The fraction of sp³-hybridized carbons (Fsp3) is 0.208. The van der Waals surface area contributed by atoms with E-state index in [1.807, 2.05) is 72.9 Å². The number of benzene rings is 3. The Morgan fingerprint density at radius 2 is 1.61 bits per heavy atom. The minimum absolute atomic E-state index is 0.116. The van der Waals surface area contributed by atoms with E-state index in [2.05, 4.69) is 9.88 Å². The van der Waals surface area contributed by atoms with Crippen LogP contribution in [0.3, 0.4) is 0 Å². The van der Waals surface area contributed by atoms with Crippen molar-refractivity contribution in [1.29, 1.82) is 0 Å². The molecule has 0 aliphatic heterocycles. The van der Waals surface area contributed by atoms with Gasteiger partial charge in [-0.15, -0.1) is 0 Å². The maximum atomic E-state index is 13.1. The molecule has 28 heavy (non-hydrogen) atoms. The maximum Gasteiger partial charge on any atom is 0.257 e. The molecular weight excluding hydrogens is 351 g/mol. The molecule has 1 heterocycles. The minimum atomic E-state index is -0.273. The van der Waals surface area contributed by atoms with Gasteiger partial charge in [0.1, 0.15) is 0 Å². The number of aryl methyl sites for hydroxylation is 1. The molecule has 0 saturated heterocycles. The molecular formula is C24H23FN2O. The Bertz CT molecular complexity index is 1110. The lowest BCUT2D eigenvalue weighted by atomic mass is 10.1. The number of para-hydroxylation sites is 1. The van der Waals surface area contributed by atoms with Crippen LogP contribution in [0.5, 0.6) is 0 Å². The first-order chi connectivity index (χ1) is 13.8. The number of nitrogens with one attached hydrogen (secondary N) is 1. The van der Waals surface area contributed by atoms with E-state index in [0.29, 0.717) is 12.0 Å². The Labute approximate surface area is 163 Å². The number of aromatic nitrogens is 1. The third-order valence-corrected chi connectivity index (χ3v) is 5.10. The Balaban J connectivity index is 1.63. The molecule has 142 valence electrons. The van der Waals surface area contributed by atoms with Crippen LogP contribution >= 0.6 is 0 Å². The fourth-order valence-corrected chi connectivity index (χ4v) is 3.69. The molecule has 0 aliphatic carbocycles. The number of rotatable bonds is 7. The largest absolute Gasteiger partial charge is 0.347 e. The van der Waals surface area contributed by atoms with E-state index in [9.17, 15) is 9.18 Å². The van der Waals surface area contributed by atoms with Crippen molar-refractivity contribution < 1.29 is 9.18 Å². The quantitative estimate of drug-likeness (QED) is 0.385. The second kappa shape index (κ2) is 8.26. The molecule has 1 aromatic heterocycles. The predicted molar refractivity (Wildman–Crippen MR) is 114 cm³/mol. The van der Waals surface area contributed by atoms with Gasteiger partial charge in [-0.1, -0.05) is 54.6 Å². The van der Waals surface area contributed by atoms with Crippen LogP contribution in [0.4, 0.5) is 10.1 Å². The normalized spacial score (nSPS) is 11.2. The van der Waals surface area contributed by atoms with Crippen molar-refractivity contribution in [3.63, 3.8) is 0 Å². The SMILES string of the molecule is O=C(Nc1cccc2ccccc12)c1cn(CCCCCF)c2ccccc12. The maximum absolute atomic E-state index is 13.1. The first-order valence-corrected chi connectivity index (χ1v) is 9.71. The number of fused-ring (bicyclic) bond motifs is 2. The van der Waals surface area contributed by atoms with Crippen LogP contribution in [0.2, 0.25) is 0 Å². The lowest BCUT2D eigenvalue weighted by Gasteiger charge is -2.08. The molecule has 0 radical (unpaired) electrons. The zero-order valence-electron chi connectivity index (χ0n) is 15.7. The second-order valence-electron chi connectivity index (χ2n) is 6.98. The number of alkyl halides is 1. The number of amides is 1.